The van der Waals surface area contributed by atoms with Gasteiger partial charge in [-0.2, -0.15) is 0 Å². The van der Waals surface area contributed by atoms with Crippen LogP contribution in [0.4, 0.5) is 0 Å². The zero-order valence-electron chi connectivity index (χ0n) is 13.4. The third kappa shape index (κ3) is 3.35. The Balaban J connectivity index is 1.96. The maximum absolute atomic E-state index is 9.78. The van der Waals surface area contributed by atoms with E-state index in [1.54, 1.807) is 24.3 Å². The normalized spacial score (nSPS) is 27.7. The first kappa shape index (κ1) is 15.9. The maximum Gasteiger partial charge on any atom is 0.115 e. The molecule has 3 heteroatoms. The van der Waals surface area contributed by atoms with E-state index in [9.17, 15) is 15.3 Å². The van der Waals surface area contributed by atoms with Crippen LogP contribution in [-0.4, -0.2) is 21.9 Å². The lowest BCUT2D eigenvalue weighted by Gasteiger charge is -2.42. The Morgan fingerprint density at radius 3 is 1.83 bits per heavy atom. The number of phenols is 2. The Labute approximate surface area is 137 Å². The Morgan fingerprint density at radius 1 is 0.870 bits per heavy atom. The molecule has 0 aromatic heterocycles. The minimum absolute atomic E-state index is 0.0596. The van der Waals surface area contributed by atoms with E-state index in [4.69, 9.17) is 0 Å². The number of hydrogen-bond donors (Lipinski definition) is 3. The quantitative estimate of drug-likeness (QED) is 0.798. The first-order chi connectivity index (χ1) is 11.0. The van der Waals surface area contributed by atoms with Gasteiger partial charge in [0.25, 0.3) is 0 Å². The largest absolute Gasteiger partial charge is 0.508 e. The van der Waals surface area contributed by atoms with Crippen molar-refractivity contribution < 1.29 is 15.3 Å². The molecular formula is C20H24O3. The molecule has 23 heavy (non-hydrogen) atoms. The molecule has 3 atom stereocenters. The van der Waals surface area contributed by atoms with Crippen molar-refractivity contribution >= 4 is 0 Å². The molecule has 3 nitrogen and oxygen atoms in total. The van der Waals surface area contributed by atoms with E-state index < -0.39 is 0 Å². The molecule has 0 bridgehead atoms. The number of hydrogen-bond acceptors (Lipinski definition) is 3. The van der Waals surface area contributed by atoms with Crippen LogP contribution in [0.15, 0.2) is 48.5 Å². The molecule has 1 fully saturated rings. The van der Waals surface area contributed by atoms with Crippen LogP contribution in [0, 0.1) is 5.41 Å². The number of benzene rings is 2. The van der Waals surface area contributed by atoms with Crippen LogP contribution in [0.3, 0.4) is 0 Å². The molecule has 3 rings (SSSR count). The fourth-order valence-corrected chi connectivity index (χ4v) is 3.82. The molecule has 0 saturated heterocycles. The lowest BCUT2D eigenvalue weighted by Crippen LogP contribution is -2.32. The van der Waals surface area contributed by atoms with Gasteiger partial charge in [0, 0.05) is 6.61 Å². The summed E-state index contributed by atoms with van der Waals surface area (Å²) >= 11 is 0. The summed E-state index contributed by atoms with van der Waals surface area (Å²) in [5.41, 5.74) is 2.36. The topological polar surface area (TPSA) is 60.7 Å². The van der Waals surface area contributed by atoms with Gasteiger partial charge in [-0.15, -0.1) is 0 Å². The monoisotopic (exact) mass is 312 g/mol. The van der Waals surface area contributed by atoms with Crippen LogP contribution in [0.1, 0.15) is 49.1 Å². The molecule has 0 heterocycles. The molecule has 1 aliphatic carbocycles. The minimum Gasteiger partial charge on any atom is -0.508 e. The molecule has 0 aliphatic heterocycles. The summed E-state index contributed by atoms with van der Waals surface area (Å²) in [7, 11) is 0. The van der Waals surface area contributed by atoms with Crippen LogP contribution in [0.2, 0.25) is 0 Å². The van der Waals surface area contributed by atoms with Gasteiger partial charge in [-0.05, 0) is 71.9 Å². The van der Waals surface area contributed by atoms with Crippen molar-refractivity contribution in [2.45, 2.75) is 38.0 Å². The Hall–Kier alpha value is -2.00. The summed E-state index contributed by atoms with van der Waals surface area (Å²) in [6.45, 7) is 2.34. The predicted molar refractivity (Wildman–Crippen MR) is 90.7 cm³/mol. The van der Waals surface area contributed by atoms with E-state index in [2.05, 4.69) is 6.92 Å². The fraction of sp³-hybridized carbons (Fsp3) is 0.400. The van der Waals surface area contributed by atoms with Crippen molar-refractivity contribution in [2.24, 2.45) is 5.41 Å². The van der Waals surface area contributed by atoms with Gasteiger partial charge in [-0.3, -0.25) is 0 Å². The van der Waals surface area contributed by atoms with E-state index in [0.29, 0.717) is 11.8 Å². The highest BCUT2D eigenvalue weighted by molar-refractivity contribution is 5.35. The third-order valence-electron chi connectivity index (χ3n) is 5.28. The molecule has 2 aromatic rings. The van der Waals surface area contributed by atoms with Crippen molar-refractivity contribution in [3.05, 3.63) is 59.7 Å². The van der Waals surface area contributed by atoms with Crippen molar-refractivity contribution in [3.63, 3.8) is 0 Å². The zero-order chi connectivity index (χ0) is 16.4. The average Bonchev–Trinajstić information content (AvgIpc) is 2.57. The minimum atomic E-state index is -0.0596. The fourth-order valence-electron chi connectivity index (χ4n) is 3.82. The highest BCUT2D eigenvalue weighted by Crippen LogP contribution is 2.51. The summed E-state index contributed by atoms with van der Waals surface area (Å²) in [5, 5.41) is 28.9. The van der Waals surface area contributed by atoms with Crippen LogP contribution in [0.5, 0.6) is 11.5 Å². The van der Waals surface area contributed by atoms with E-state index in [1.807, 2.05) is 24.3 Å². The molecule has 1 aliphatic rings. The highest BCUT2D eigenvalue weighted by atomic mass is 16.3. The molecular weight excluding hydrogens is 288 g/mol. The third-order valence-corrected chi connectivity index (χ3v) is 5.28. The molecule has 122 valence electrons. The average molecular weight is 312 g/mol. The second-order valence-corrected chi connectivity index (χ2v) is 7.11. The number of aromatic hydroxyl groups is 2. The van der Waals surface area contributed by atoms with E-state index in [-0.39, 0.29) is 23.5 Å². The van der Waals surface area contributed by atoms with Crippen LogP contribution in [-0.2, 0) is 0 Å². The number of aliphatic hydroxyl groups is 1. The van der Waals surface area contributed by atoms with Crippen molar-refractivity contribution in [3.8, 4) is 11.5 Å². The lowest BCUT2D eigenvalue weighted by atomic mass is 9.63. The first-order valence-corrected chi connectivity index (χ1v) is 8.19. The maximum atomic E-state index is 9.78. The Bertz CT molecular complexity index is 648. The molecule has 0 spiro atoms. The molecule has 3 unspecified atom stereocenters. The standard InChI is InChI=1S/C20H24O3/c1-20(13-21)11-10-18(14-2-6-16(22)7-3-14)19(12-20)15-4-8-17(23)9-5-15/h2-9,18-19,21-23H,10-13H2,1H3. The van der Waals surface area contributed by atoms with Crippen molar-refractivity contribution in [1.82, 2.24) is 0 Å². The van der Waals surface area contributed by atoms with E-state index in [1.165, 1.54) is 11.1 Å². The number of phenolic OH excluding ortho intramolecular Hbond substituents is 2. The van der Waals surface area contributed by atoms with Gasteiger partial charge in [0.15, 0.2) is 0 Å². The van der Waals surface area contributed by atoms with Crippen LogP contribution in [0.25, 0.3) is 0 Å². The predicted octanol–water partition coefficient (Wildman–Crippen LogP) is 4.15. The summed E-state index contributed by atoms with van der Waals surface area (Å²) in [6, 6.07) is 14.9. The second kappa shape index (κ2) is 6.25. The summed E-state index contributed by atoms with van der Waals surface area (Å²) < 4.78 is 0. The van der Waals surface area contributed by atoms with Gasteiger partial charge in [0.1, 0.15) is 11.5 Å². The van der Waals surface area contributed by atoms with Gasteiger partial charge in [-0.1, -0.05) is 31.2 Å². The lowest BCUT2D eigenvalue weighted by molar-refractivity contribution is 0.0820. The summed E-state index contributed by atoms with van der Waals surface area (Å²) in [5.74, 6) is 1.22. The zero-order valence-corrected chi connectivity index (χ0v) is 13.4. The van der Waals surface area contributed by atoms with Gasteiger partial charge in [0.2, 0.25) is 0 Å². The first-order valence-electron chi connectivity index (χ1n) is 8.19. The van der Waals surface area contributed by atoms with E-state index in [0.717, 1.165) is 19.3 Å². The number of rotatable bonds is 3. The molecule has 1 saturated carbocycles. The molecule has 3 N–H and O–H groups in total. The Morgan fingerprint density at radius 2 is 1.35 bits per heavy atom. The van der Waals surface area contributed by atoms with Crippen LogP contribution < -0.4 is 0 Å². The number of aliphatic hydroxyl groups excluding tert-OH is 1. The van der Waals surface area contributed by atoms with Gasteiger partial charge < -0.3 is 15.3 Å². The summed E-state index contributed by atoms with van der Waals surface area (Å²) in [6.07, 6.45) is 2.91. The van der Waals surface area contributed by atoms with Gasteiger partial charge in [0.05, 0.1) is 0 Å². The SMILES string of the molecule is CC1(CO)CCC(c2ccc(O)cc2)C(c2ccc(O)cc2)C1. The van der Waals surface area contributed by atoms with Crippen molar-refractivity contribution in [2.75, 3.05) is 6.61 Å². The van der Waals surface area contributed by atoms with Crippen molar-refractivity contribution in [1.29, 1.82) is 0 Å². The van der Waals surface area contributed by atoms with Crippen LogP contribution >= 0.6 is 0 Å². The Kier molecular flexibility index (Phi) is 4.31. The smallest absolute Gasteiger partial charge is 0.115 e. The second-order valence-electron chi connectivity index (χ2n) is 7.11. The molecule has 2 aromatic carbocycles. The van der Waals surface area contributed by atoms with Gasteiger partial charge in [-0.25, -0.2) is 0 Å². The molecule has 0 amide bonds. The van der Waals surface area contributed by atoms with E-state index >= 15 is 0 Å². The summed E-state index contributed by atoms with van der Waals surface area (Å²) in [4.78, 5) is 0. The highest BCUT2D eigenvalue weighted by Gasteiger charge is 2.38. The van der Waals surface area contributed by atoms with Gasteiger partial charge >= 0.3 is 0 Å². The molecule has 0 radical (unpaired) electrons.